The van der Waals surface area contributed by atoms with Gasteiger partial charge in [-0.25, -0.2) is 4.98 Å². The molecular weight excluding hydrogens is 220 g/mol. The summed E-state index contributed by atoms with van der Waals surface area (Å²) >= 11 is 1.79. The van der Waals surface area contributed by atoms with Crippen molar-refractivity contribution in [2.75, 3.05) is 13.2 Å². The van der Waals surface area contributed by atoms with Crippen molar-refractivity contribution in [2.45, 2.75) is 38.1 Å². The van der Waals surface area contributed by atoms with Crippen LogP contribution in [0.1, 0.15) is 42.8 Å². The van der Waals surface area contributed by atoms with Crippen molar-refractivity contribution in [3.63, 3.8) is 0 Å². The predicted octanol–water partition coefficient (Wildman–Crippen LogP) is 2.10. The van der Waals surface area contributed by atoms with Crippen LogP contribution in [0.2, 0.25) is 0 Å². The van der Waals surface area contributed by atoms with Gasteiger partial charge in [0.15, 0.2) is 0 Å². The summed E-state index contributed by atoms with van der Waals surface area (Å²) in [7, 11) is 0. The third-order valence-electron chi connectivity index (χ3n) is 3.86. The average molecular weight is 238 g/mol. The highest BCUT2D eigenvalue weighted by atomic mass is 32.1. The minimum absolute atomic E-state index is 0.127. The standard InChI is InChI=1S/C12H18N2OS/c1-12(2)3-8(12)11-14-10(6-16-11)7-4-15-5-9(7)13/h6-9H,3-5,13H2,1-2H3. The Morgan fingerprint density at radius 3 is 2.81 bits per heavy atom. The minimum Gasteiger partial charge on any atom is -0.379 e. The molecule has 1 aliphatic carbocycles. The molecule has 1 aliphatic heterocycles. The van der Waals surface area contributed by atoms with E-state index in [1.54, 1.807) is 11.3 Å². The van der Waals surface area contributed by atoms with Crippen LogP contribution in [-0.4, -0.2) is 24.2 Å². The molecular formula is C12H18N2OS. The van der Waals surface area contributed by atoms with Gasteiger partial charge in [-0.3, -0.25) is 0 Å². The van der Waals surface area contributed by atoms with Crippen molar-refractivity contribution >= 4 is 11.3 Å². The third-order valence-corrected chi connectivity index (χ3v) is 4.83. The first-order chi connectivity index (χ1) is 7.58. The van der Waals surface area contributed by atoms with Crippen molar-refractivity contribution in [1.82, 2.24) is 4.98 Å². The van der Waals surface area contributed by atoms with Gasteiger partial charge in [0, 0.05) is 23.3 Å². The van der Waals surface area contributed by atoms with Gasteiger partial charge in [0.05, 0.1) is 23.9 Å². The van der Waals surface area contributed by atoms with Crippen LogP contribution in [0.25, 0.3) is 0 Å². The molecule has 2 N–H and O–H groups in total. The summed E-state index contributed by atoms with van der Waals surface area (Å²) in [6, 6.07) is 0.127. The van der Waals surface area contributed by atoms with Crippen LogP contribution in [0.4, 0.5) is 0 Å². The molecule has 3 unspecified atom stereocenters. The second-order valence-corrected chi connectivity index (χ2v) is 6.55. The maximum Gasteiger partial charge on any atom is 0.0964 e. The molecule has 88 valence electrons. The summed E-state index contributed by atoms with van der Waals surface area (Å²) in [5.74, 6) is 0.983. The second kappa shape index (κ2) is 3.52. The molecule has 0 spiro atoms. The summed E-state index contributed by atoms with van der Waals surface area (Å²) in [4.78, 5) is 4.76. The van der Waals surface area contributed by atoms with E-state index in [2.05, 4.69) is 19.2 Å². The fourth-order valence-electron chi connectivity index (χ4n) is 2.40. The maximum atomic E-state index is 6.00. The van der Waals surface area contributed by atoms with Crippen LogP contribution in [-0.2, 0) is 4.74 Å². The van der Waals surface area contributed by atoms with Crippen LogP contribution >= 0.6 is 11.3 Å². The van der Waals surface area contributed by atoms with Gasteiger partial charge in [-0.15, -0.1) is 11.3 Å². The Labute approximate surface area is 100 Å². The SMILES string of the molecule is CC1(C)CC1c1nc(C2COCC2N)cs1. The second-order valence-electron chi connectivity index (χ2n) is 5.66. The van der Waals surface area contributed by atoms with E-state index in [1.807, 2.05) is 0 Å². The summed E-state index contributed by atoms with van der Waals surface area (Å²) in [6.45, 7) is 6.02. The Hall–Kier alpha value is -0.450. The van der Waals surface area contributed by atoms with Crippen molar-refractivity contribution in [2.24, 2.45) is 11.1 Å². The van der Waals surface area contributed by atoms with Crippen LogP contribution in [0.5, 0.6) is 0 Å². The number of ether oxygens (including phenoxy) is 1. The molecule has 0 amide bonds. The highest BCUT2D eigenvalue weighted by molar-refractivity contribution is 7.09. The summed E-state index contributed by atoms with van der Waals surface area (Å²) in [5.41, 5.74) is 7.61. The molecule has 3 rings (SSSR count). The van der Waals surface area contributed by atoms with Gasteiger partial charge in [0.2, 0.25) is 0 Å². The molecule has 1 aromatic rings. The largest absolute Gasteiger partial charge is 0.379 e. The monoisotopic (exact) mass is 238 g/mol. The molecule has 0 aromatic carbocycles. The van der Waals surface area contributed by atoms with Gasteiger partial charge in [-0.2, -0.15) is 0 Å². The van der Waals surface area contributed by atoms with Gasteiger partial charge in [0.1, 0.15) is 0 Å². The quantitative estimate of drug-likeness (QED) is 0.858. The lowest BCUT2D eigenvalue weighted by molar-refractivity contribution is 0.190. The van der Waals surface area contributed by atoms with E-state index in [4.69, 9.17) is 15.5 Å². The van der Waals surface area contributed by atoms with E-state index in [-0.39, 0.29) is 6.04 Å². The molecule has 3 atom stereocenters. The third kappa shape index (κ3) is 1.69. The zero-order valence-electron chi connectivity index (χ0n) is 9.77. The first kappa shape index (κ1) is 10.7. The molecule has 1 saturated carbocycles. The van der Waals surface area contributed by atoms with Gasteiger partial charge < -0.3 is 10.5 Å². The average Bonchev–Trinajstić information content (AvgIpc) is 2.67. The van der Waals surface area contributed by atoms with Crippen molar-refractivity contribution < 1.29 is 4.74 Å². The lowest BCUT2D eigenvalue weighted by Gasteiger charge is -2.09. The number of aromatic nitrogens is 1. The minimum atomic E-state index is 0.127. The molecule has 1 aromatic heterocycles. The zero-order valence-corrected chi connectivity index (χ0v) is 10.6. The zero-order chi connectivity index (χ0) is 11.3. The van der Waals surface area contributed by atoms with E-state index < -0.39 is 0 Å². The topological polar surface area (TPSA) is 48.1 Å². The van der Waals surface area contributed by atoms with Gasteiger partial charge in [-0.05, 0) is 11.8 Å². The van der Waals surface area contributed by atoms with Gasteiger partial charge in [-0.1, -0.05) is 13.8 Å². The Morgan fingerprint density at radius 2 is 2.25 bits per heavy atom. The number of rotatable bonds is 2. The Kier molecular flexibility index (Phi) is 2.35. The molecule has 1 saturated heterocycles. The molecule has 0 bridgehead atoms. The van der Waals surface area contributed by atoms with Crippen molar-refractivity contribution in [3.8, 4) is 0 Å². The Bertz CT molecular complexity index is 401. The molecule has 2 heterocycles. The molecule has 4 heteroatoms. The summed E-state index contributed by atoms with van der Waals surface area (Å²) < 4.78 is 5.39. The molecule has 2 fully saturated rings. The number of nitrogens with two attached hydrogens (primary N) is 1. The summed E-state index contributed by atoms with van der Waals surface area (Å²) in [6.07, 6.45) is 1.27. The van der Waals surface area contributed by atoms with Gasteiger partial charge >= 0.3 is 0 Å². The first-order valence-electron chi connectivity index (χ1n) is 5.86. The van der Waals surface area contributed by atoms with Crippen LogP contribution in [0, 0.1) is 5.41 Å². The van der Waals surface area contributed by atoms with E-state index in [1.165, 1.54) is 11.4 Å². The fourth-order valence-corrected chi connectivity index (χ4v) is 3.59. The summed E-state index contributed by atoms with van der Waals surface area (Å²) in [5, 5.41) is 3.46. The number of hydrogen-bond donors (Lipinski definition) is 1. The van der Waals surface area contributed by atoms with E-state index in [0.29, 0.717) is 23.9 Å². The van der Waals surface area contributed by atoms with Crippen molar-refractivity contribution in [1.29, 1.82) is 0 Å². The van der Waals surface area contributed by atoms with E-state index in [9.17, 15) is 0 Å². The Balaban J connectivity index is 1.78. The highest BCUT2D eigenvalue weighted by Gasteiger charge is 2.48. The Morgan fingerprint density at radius 1 is 1.50 bits per heavy atom. The van der Waals surface area contributed by atoms with Crippen LogP contribution in [0.3, 0.4) is 0 Å². The van der Waals surface area contributed by atoms with Gasteiger partial charge in [0.25, 0.3) is 0 Å². The predicted molar refractivity (Wildman–Crippen MR) is 64.8 cm³/mol. The van der Waals surface area contributed by atoms with Crippen LogP contribution in [0.15, 0.2) is 5.38 Å². The number of thiazole rings is 1. The number of hydrogen-bond acceptors (Lipinski definition) is 4. The molecule has 3 nitrogen and oxygen atoms in total. The van der Waals surface area contributed by atoms with E-state index >= 15 is 0 Å². The number of nitrogens with zero attached hydrogens (tertiary/aromatic N) is 1. The lowest BCUT2D eigenvalue weighted by Crippen LogP contribution is -2.27. The normalized spacial score (nSPS) is 36.6. The first-order valence-corrected chi connectivity index (χ1v) is 6.74. The molecule has 0 radical (unpaired) electrons. The van der Waals surface area contributed by atoms with Crippen molar-refractivity contribution in [3.05, 3.63) is 16.1 Å². The smallest absolute Gasteiger partial charge is 0.0964 e. The molecule has 2 aliphatic rings. The highest BCUT2D eigenvalue weighted by Crippen LogP contribution is 2.59. The van der Waals surface area contributed by atoms with Crippen LogP contribution < -0.4 is 5.73 Å². The lowest BCUT2D eigenvalue weighted by atomic mass is 10.0. The molecule has 16 heavy (non-hydrogen) atoms. The maximum absolute atomic E-state index is 6.00. The fraction of sp³-hybridized carbons (Fsp3) is 0.750. The van der Waals surface area contributed by atoms with E-state index in [0.717, 1.165) is 12.3 Å².